The Kier molecular flexibility index (Phi) is 6.99. The summed E-state index contributed by atoms with van der Waals surface area (Å²) < 4.78 is 84.4. The third kappa shape index (κ3) is 5.75. The Balaban J connectivity index is 2.43. The lowest BCUT2D eigenvalue weighted by Crippen LogP contribution is -2.47. The molecule has 0 spiro atoms. The first kappa shape index (κ1) is 19.9. The number of rotatable bonds is 5. The summed E-state index contributed by atoms with van der Waals surface area (Å²) in [4.78, 5) is 3.74. The topological polar surface area (TPSA) is 73.8 Å². The number of guanidine groups is 1. The number of nitrogens with one attached hydrogen (secondary N) is 2. The van der Waals surface area contributed by atoms with Crippen molar-refractivity contribution in [3.63, 3.8) is 0 Å². The SMILES string of the molecule is CN=C(NCC(F)F)NCC1CCN(S(=O)(=O)C(F)(F)F)CC1. The Labute approximate surface area is 131 Å². The highest BCUT2D eigenvalue weighted by atomic mass is 32.2. The molecule has 12 heteroatoms. The lowest BCUT2D eigenvalue weighted by Gasteiger charge is -2.31. The molecule has 0 bridgehead atoms. The lowest BCUT2D eigenvalue weighted by molar-refractivity contribution is -0.0496. The Morgan fingerprint density at radius 2 is 1.83 bits per heavy atom. The molecule has 1 heterocycles. The normalized spacial score (nSPS) is 19.2. The standard InChI is InChI=1S/C11H19F5N4O2S/c1-17-10(19-7-9(12)13)18-6-8-2-4-20(5-3-8)23(21,22)11(14,15)16/h8-9H,2-7H2,1H3,(H2,17,18,19). The fourth-order valence-electron chi connectivity index (χ4n) is 2.14. The number of aliphatic imine (C=N–C) groups is 1. The molecule has 0 atom stereocenters. The second kappa shape index (κ2) is 8.08. The molecule has 6 nitrogen and oxygen atoms in total. The smallest absolute Gasteiger partial charge is 0.356 e. The van der Waals surface area contributed by atoms with E-state index in [9.17, 15) is 30.4 Å². The quantitative estimate of drug-likeness (QED) is 0.432. The number of alkyl halides is 5. The average Bonchev–Trinajstić information content (AvgIpc) is 2.46. The van der Waals surface area contributed by atoms with E-state index in [2.05, 4.69) is 15.6 Å². The van der Waals surface area contributed by atoms with Crippen LogP contribution in [0, 0.1) is 5.92 Å². The minimum absolute atomic E-state index is 0.0696. The largest absolute Gasteiger partial charge is 0.511 e. The molecule has 1 rings (SSSR count). The fourth-order valence-corrected chi connectivity index (χ4v) is 3.12. The molecule has 0 aromatic carbocycles. The highest BCUT2D eigenvalue weighted by Crippen LogP contribution is 2.30. The van der Waals surface area contributed by atoms with Gasteiger partial charge in [-0.25, -0.2) is 17.2 Å². The maximum Gasteiger partial charge on any atom is 0.511 e. The van der Waals surface area contributed by atoms with E-state index >= 15 is 0 Å². The molecule has 0 aromatic heterocycles. The summed E-state index contributed by atoms with van der Waals surface area (Å²) in [5.41, 5.74) is -5.29. The molecule has 136 valence electrons. The summed E-state index contributed by atoms with van der Waals surface area (Å²) in [7, 11) is -3.88. The number of halogens is 5. The zero-order valence-corrected chi connectivity index (χ0v) is 13.2. The second-order valence-electron chi connectivity index (χ2n) is 5.02. The summed E-state index contributed by atoms with van der Waals surface area (Å²) in [6, 6.07) is 0. The van der Waals surface area contributed by atoms with E-state index in [0.29, 0.717) is 10.8 Å². The number of nitrogens with zero attached hydrogens (tertiary/aromatic N) is 2. The summed E-state index contributed by atoms with van der Waals surface area (Å²) >= 11 is 0. The van der Waals surface area contributed by atoms with Crippen molar-refractivity contribution < 1.29 is 30.4 Å². The molecule has 1 fully saturated rings. The fraction of sp³-hybridized carbons (Fsp3) is 0.909. The van der Waals surface area contributed by atoms with Crippen LogP contribution in [0.15, 0.2) is 4.99 Å². The molecular formula is C11H19F5N4O2S. The zero-order valence-electron chi connectivity index (χ0n) is 12.4. The maximum absolute atomic E-state index is 12.4. The van der Waals surface area contributed by atoms with Gasteiger partial charge in [-0.3, -0.25) is 4.99 Å². The van der Waals surface area contributed by atoms with Gasteiger partial charge in [0.05, 0.1) is 6.54 Å². The van der Waals surface area contributed by atoms with Gasteiger partial charge in [-0.05, 0) is 18.8 Å². The van der Waals surface area contributed by atoms with Gasteiger partial charge >= 0.3 is 15.5 Å². The molecule has 0 radical (unpaired) electrons. The van der Waals surface area contributed by atoms with Gasteiger partial charge in [0.2, 0.25) is 0 Å². The second-order valence-corrected chi connectivity index (χ2v) is 6.95. The molecule has 1 aliphatic heterocycles. The van der Waals surface area contributed by atoms with Gasteiger partial charge in [0.25, 0.3) is 6.43 Å². The van der Waals surface area contributed by atoms with Gasteiger partial charge in [0.15, 0.2) is 5.96 Å². The first-order chi connectivity index (χ1) is 10.6. The molecule has 0 aliphatic carbocycles. The Hall–Kier alpha value is -1.17. The molecule has 0 unspecified atom stereocenters. The van der Waals surface area contributed by atoms with Crippen molar-refractivity contribution in [2.24, 2.45) is 10.9 Å². The summed E-state index contributed by atoms with van der Waals surface area (Å²) in [5, 5.41) is 5.19. The van der Waals surface area contributed by atoms with Crippen LogP contribution in [0.2, 0.25) is 0 Å². The average molecular weight is 366 g/mol. The van der Waals surface area contributed by atoms with Crippen LogP contribution in [0.1, 0.15) is 12.8 Å². The van der Waals surface area contributed by atoms with Crippen LogP contribution < -0.4 is 10.6 Å². The zero-order chi connectivity index (χ0) is 17.7. The number of hydrogen-bond donors (Lipinski definition) is 2. The molecule has 2 N–H and O–H groups in total. The van der Waals surface area contributed by atoms with E-state index in [0.717, 1.165) is 0 Å². The van der Waals surface area contributed by atoms with Gasteiger partial charge < -0.3 is 10.6 Å². The highest BCUT2D eigenvalue weighted by Gasteiger charge is 2.50. The van der Waals surface area contributed by atoms with Crippen LogP contribution in [-0.2, 0) is 10.0 Å². The van der Waals surface area contributed by atoms with Crippen molar-refractivity contribution in [3.05, 3.63) is 0 Å². The van der Waals surface area contributed by atoms with E-state index < -0.39 is 28.5 Å². The van der Waals surface area contributed by atoms with Crippen molar-refractivity contribution in [1.29, 1.82) is 0 Å². The molecule has 0 saturated carbocycles. The van der Waals surface area contributed by atoms with Gasteiger partial charge in [0.1, 0.15) is 0 Å². The third-order valence-corrected chi connectivity index (χ3v) is 5.04. The Morgan fingerprint density at radius 3 is 2.26 bits per heavy atom. The first-order valence-corrected chi connectivity index (χ1v) is 8.31. The number of hydrogen-bond acceptors (Lipinski definition) is 3. The molecule has 1 aliphatic rings. The van der Waals surface area contributed by atoms with Crippen LogP contribution in [0.3, 0.4) is 0 Å². The van der Waals surface area contributed by atoms with E-state index in [1.807, 2.05) is 0 Å². The van der Waals surface area contributed by atoms with E-state index in [4.69, 9.17) is 0 Å². The first-order valence-electron chi connectivity index (χ1n) is 6.87. The molecule has 1 saturated heterocycles. The van der Waals surface area contributed by atoms with Gasteiger partial charge in [-0.15, -0.1) is 0 Å². The maximum atomic E-state index is 12.4. The van der Waals surface area contributed by atoms with Gasteiger partial charge in [0, 0.05) is 26.7 Å². The molecular weight excluding hydrogens is 347 g/mol. The van der Waals surface area contributed by atoms with Crippen LogP contribution in [0.5, 0.6) is 0 Å². The summed E-state index contributed by atoms with van der Waals surface area (Å²) in [6.45, 7) is -0.709. The Bertz CT molecular complexity index is 501. The summed E-state index contributed by atoms with van der Waals surface area (Å²) in [6.07, 6.45) is -2.05. The van der Waals surface area contributed by atoms with Crippen LogP contribution in [0.4, 0.5) is 22.0 Å². The third-order valence-electron chi connectivity index (χ3n) is 3.41. The minimum atomic E-state index is -5.29. The summed E-state index contributed by atoms with van der Waals surface area (Å²) in [5.74, 6) is 0.0930. The van der Waals surface area contributed by atoms with Crippen molar-refractivity contribution in [1.82, 2.24) is 14.9 Å². The van der Waals surface area contributed by atoms with Crippen molar-refractivity contribution in [2.45, 2.75) is 24.8 Å². The molecule has 0 amide bonds. The van der Waals surface area contributed by atoms with Crippen molar-refractivity contribution >= 4 is 16.0 Å². The molecule has 0 aromatic rings. The van der Waals surface area contributed by atoms with Crippen molar-refractivity contribution in [3.8, 4) is 0 Å². The van der Waals surface area contributed by atoms with Crippen LogP contribution >= 0.6 is 0 Å². The van der Waals surface area contributed by atoms with E-state index in [1.165, 1.54) is 7.05 Å². The lowest BCUT2D eigenvalue weighted by atomic mass is 9.98. The van der Waals surface area contributed by atoms with Gasteiger partial charge in [-0.1, -0.05) is 0 Å². The minimum Gasteiger partial charge on any atom is -0.356 e. The van der Waals surface area contributed by atoms with E-state index in [-0.39, 0.29) is 37.8 Å². The predicted octanol–water partition coefficient (Wildman–Crippen LogP) is 0.978. The highest BCUT2D eigenvalue weighted by molar-refractivity contribution is 7.90. The monoisotopic (exact) mass is 366 g/mol. The molecule has 23 heavy (non-hydrogen) atoms. The van der Waals surface area contributed by atoms with E-state index in [1.54, 1.807) is 0 Å². The van der Waals surface area contributed by atoms with Gasteiger partial charge in [-0.2, -0.15) is 17.5 Å². The number of sulfonamides is 1. The number of piperidine rings is 1. The predicted molar refractivity (Wildman–Crippen MR) is 74.6 cm³/mol. The van der Waals surface area contributed by atoms with Crippen LogP contribution in [0.25, 0.3) is 0 Å². The van der Waals surface area contributed by atoms with Crippen LogP contribution in [-0.4, -0.2) is 63.8 Å². The Morgan fingerprint density at radius 1 is 1.26 bits per heavy atom. The van der Waals surface area contributed by atoms with Crippen molar-refractivity contribution in [2.75, 3.05) is 33.2 Å².